The molecule has 1 N–H and O–H groups in total. The molecule has 10 heteroatoms. The number of nitrogens with zero attached hydrogens (tertiary/aromatic N) is 4. The Hall–Kier alpha value is -2.78. The van der Waals surface area contributed by atoms with Crippen molar-refractivity contribution in [3.05, 3.63) is 87.9 Å². The number of halogens is 2. The molecule has 3 aromatic carbocycles. The minimum Gasteiger partial charge on any atom is -0.490 e. The molecule has 1 aromatic heterocycles. The fourth-order valence-electron chi connectivity index (χ4n) is 3.27. The van der Waals surface area contributed by atoms with E-state index in [0.29, 0.717) is 41.3 Å². The average molecular weight is 530 g/mol. The first-order chi connectivity index (χ1) is 17.1. The van der Waals surface area contributed by atoms with Crippen LogP contribution in [0.25, 0.3) is 5.69 Å². The van der Waals surface area contributed by atoms with Crippen LogP contribution in [-0.4, -0.2) is 39.1 Å². The van der Waals surface area contributed by atoms with E-state index in [4.69, 9.17) is 32.7 Å². The maximum atomic E-state index is 6.56. The van der Waals surface area contributed by atoms with Gasteiger partial charge in [-0.15, -0.1) is 5.10 Å². The van der Waals surface area contributed by atoms with Crippen LogP contribution in [0.1, 0.15) is 18.1 Å². The quantitative estimate of drug-likeness (QED) is 0.183. The molecule has 7 nitrogen and oxygen atoms in total. The van der Waals surface area contributed by atoms with Gasteiger partial charge in [-0.25, -0.2) is 0 Å². The highest BCUT2D eigenvalue weighted by Gasteiger charge is 2.12. The van der Waals surface area contributed by atoms with Gasteiger partial charge in [0.1, 0.15) is 6.61 Å². The summed E-state index contributed by atoms with van der Waals surface area (Å²) >= 11 is 14.1. The number of hydrogen-bond donors (Lipinski definition) is 1. The summed E-state index contributed by atoms with van der Waals surface area (Å²) in [6.45, 7) is 4.21. The van der Waals surface area contributed by atoms with E-state index in [-0.39, 0.29) is 0 Å². The van der Waals surface area contributed by atoms with Crippen molar-refractivity contribution in [1.82, 2.24) is 25.5 Å². The van der Waals surface area contributed by atoms with Crippen LogP contribution in [0.2, 0.25) is 10.0 Å². The van der Waals surface area contributed by atoms with E-state index in [9.17, 15) is 0 Å². The van der Waals surface area contributed by atoms with E-state index in [1.54, 1.807) is 16.4 Å². The number of aromatic nitrogens is 4. The van der Waals surface area contributed by atoms with Crippen LogP contribution < -0.4 is 14.8 Å². The summed E-state index contributed by atoms with van der Waals surface area (Å²) in [5.41, 5.74) is 2.88. The lowest BCUT2D eigenvalue weighted by molar-refractivity contribution is 0.269. The van der Waals surface area contributed by atoms with Crippen LogP contribution in [-0.2, 0) is 13.2 Å². The Morgan fingerprint density at radius 2 is 1.74 bits per heavy atom. The highest BCUT2D eigenvalue weighted by Crippen LogP contribution is 2.34. The number of nitrogens with one attached hydrogen (secondary N) is 1. The standard InChI is InChI=1S/C25H25Cl2N5O2S/c1-2-33-23-14-19(22(27)15-24(23)34-17-18-8-10-20(26)11-9-18)16-28-12-13-35-25-29-30-31-32(25)21-6-4-3-5-7-21/h3-11,14-15,28H,2,12-13,16-17H2,1H3. The van der Waals surface area contributed by atoms with E-state index in [2.05, 4.69) is 20.8 Å². The number of tetrazole rings is 1. The minimum absolute atomic E-state index is 0.394. The molecule has 0 amide bonds. The van der Waals surface area contributed by atoms with Crippen molar-refractivity contribution in [1.29, 1.82) is 0 Å². The van der Waals surface area contributed by atoms with E-state index >= 15 is 0 Å². The van der Waals surface area contributed by atoms with Crippen molar-refractivity contribution in [2.75, 3.05) is 18.9 Å². The number of ether oxygens (including phenoxy) is 2. The zero-order chi connectivity index (χ0) is 24.5. The third kappa shape index (κ3) is 7.11. The topological polar surface area (TPSA) is 74.1 Å². The molecule has 0 unspecified atom stereocenters. The van der Waals surface area contributed by atoms with Crippen LogP contribution in [0.15, 0.2) is 71.9 Å². The Labute approximate surface area is 218 Å². The molecule has 4 rings (SSSR count). The van der Waals surface area contributed by atoms with Crippen molar-refractivity contribution in [3.63, 3.8) is 0 Å². The van der Waals surface area contributed by atoms with Crippen LogP contribution in [0.4, 0.5) is 0 Å². The average Bonchev–Trinajstić information content (AvgIpc) is 3.35. The third-order valence-corrected chi connectivity index (χ3v) is 6.51. The first-order valence-electron chi connectivity index (χ1n) is 11.1. The van der Waals surface area contributed by atoms with Crippen LogP contribution in [0.3, 0.4) is 0 Å². The van der Waals surface area contributed by atoms with E-state index < -0.39 is 0 Å². The second kappa shape index (κ2) is 12.8. The van der Waals surface area contributed by atoms with Gasteiger partial charge in [-0.05, 0) is 58.8 Å². The van der Waals surface area contributed by atoms with E-state index in [1.807, 2.05) is 73.7 Å². The van der Waals surface area contributed by atoms with Crippen molar-refractivity contribution in [2.24, 2.45) is 0 Å². The van der Waals surface area contributed by atoms with Gasteiger partial charge in [0.25, 0.3) is 0 Å². The van der Waals surface area contributed by atoms with Crippen molar-refractivity contribution < 1.29 is 9.47 Å². The minimum atomic E-state index is 0.394. The smallest absolute Gasteiger partial charge is 0.214 e. The molecule has 0 aliphatic heterocycles. The molecule has 4 aromatic rings. The molecule has 0 atom stereocenters. The van der Waals surface area contributed by atoms with Crippen molar-refractivity contribution in [3.8, 4) is 17.2 Å². The van der Waals surface area contributed by atoms with Crippen LogP contribution in [0.5, 0.6) is 11.5 Å². The fourth-order valence-corrected chi connectivity index (χ4v) is 4.41. The third-order valence-electron chi connectivity index (χ3n) is 4.99. The zero-order valence-electron chi connectivity index (χ0n) is 19.2. The molecule has 0 fully saturated rings. The molecule has 0 aliphatic carbocycles. The summed E-state index contributed by atoms with van der Waals surface area (Å²) in [6, 6.07) is 21.1. The van der Waals surface area contributed by atoms with E-state index in [1.165, 1.54) is 0 Å². The summed E-state index contributed by atoms with van der Waals surface area (Å²) < 4.78 is 13.5. The maximum absolute atomic E-state index is 6.56. The summed E-state index contributed by atoms with van der Waals surface area (Å²) in [6.07, 6.45) is 0. The van der Waals surface area contributed by atoms with Gasteiger partial charge < -0.3 is 14.8 Å². The predicted octanol–water partition coefficient (Wildman–Crippen LogP) is 5.83. The molecular weight excluding hydrogens is 505 g/mol. The molecule has 0 spiro atoms. The first-order valence-corrected chi connectivity index (χ1v) is 12.9. The summed E-state index contributed by atoms with van der Waals surface area (Å²) in [5.74, 6) is 2.07. The molecule has 0 saturated carbocycles. The lowest BCUT2D eigenvalue weighted by Crippen LogP contribution is -2.17. The van der Waals surface area contributed by atoms with Gasteiger partial charge in [-0.1, -0.05) is 65.3 Å². The van der Waals surface area contributed by atoms with Crippen LogP contribution >= 0.6 is 35.0 Å². The molecule has 0 saturated heterocycles. The van der Waals surface area contributed by atoms with Gasteiger partial charge in [0.2, 0.25) is 5.16 Å². The van der Waals surface area contributed by atoms with Crippen molar-refractivity contribution >= 4 is 35.0 Å². The van der Waals surface area contributed by atoms with Crippen LogP contribution in [0, 0.1) is 0 Å². The molecule has 0 bridgehead atoms. The monoisotopic (exact) mass is 529 g/mol. The van der Waals surface area contributed by atoms with E-state index in [0.717, 1.165) is 34.3 Å². The summed E-state index contributed by atoms with van der Waals surface area (Å²) in [4.78, 5) is 0. The number of hydrogen-bond acceptors (Lipinski definition) is 7. The Morgan fingerprint density at radius 3 is 2.51 bits per heavy atom. The molecule has 35 heavy (non-hydrogen) atoms. The molecule has 0 aliphatic rings. The molecule has 1 heterocycles. The normalized spacial score (nSPS) is 10.9. The largest absolute Gasteiger partial charge is 0.490 e. The summed E-state index contributed by atoms with van der Waals surface area (Å²) in [5, 5.41) is 17.5. The fraction of sp³-hybridized carbons (Fsp3) is 0.240. The number of rotatable bonds is 12. The number of benzene rings is 3. The molecule has 182 valence electrons. The number of para-hydroxylation sites is 1. The Morgan fingerprint density at radius 1 is 0.971 bits per heavy atom. The SMILES string of the molecule is CCOc1cc(CNCCSc2nnnn2-c2ccccc2)c(Cl)cc1OCc1ccc(Cl)cc1. The van der Waals surface area contributed by atoms with Gasteiger partial charge in [-0.3, -0.25) is 0 Å². The Kier molecular flexibility index (Phi) is 9.25. The Bertz CT molecular complexity index is 1220. The second-order valence-electron chi connectivity index (χ2n) is 7.47. The molecular formula is C25H25Cl2N5O2S. The predicted molar refractivity (Wildman–Crippen MR) is 140 cm³/mol. The van der Waals surface area contributed by atoms with Gasteiger partial charge in [0.05, 0.1) is 12.3 Å². The first kappa shape index (κ1) is 25.3. The summed E-state index contributed by atoms with van der Waals surface area (Å²) in [7, 11) is 0. The highest BCUT2D eigenvalue weighted by atomic mass is 35.5. The maximum Gasteiger partial charge on any atom is 0.214 e. The lowest BCUT2D eigenvalue weighted by atomic mass is 10.2. The lowest BCUT2D eigenvalue weighted by Gasteiger charge is -2.15. The van der Waals surface area contributed by atoms with Gasteiger partial charge in [-0.2, -0.15) is 4.68 Å². The number of thioether (sulfide) groups is 1. The van der Waals surface area contributed by atoms with Gasteiger partial charge >= 0.3 is 0 Å². The van der Waals surface area contributed by atoms with Gasteiger partial charge in [0, 0.05) is 35.0 Å². The highest BCUT2D eigenvalue weighted by molar-refractivity contribution is 7.99. The Balaban J connectivity index is 1.31. The molecule has 0 radical (unpaired) electrons. The zero-order valence-corrected chi connectivity index (χ0v) is 21.5. The second-order valence-corrected chi connectivity index (χ2v) is 9.38. The van der Waals surface area contributed by atoms with Gasteiger partial charge in [0.15, 0.2) is 11.5 Å². The van der Waals surface area contributed by atoms with Crippen molar-refractivity contribution in [2.45, 2.75) is 25.2 Å².